The van der Waals surface area contributed by atoms with Crippen LogP contribution in [0.4, 0.5) is 5.00 Å². The van der Waals surface area contributed by atoms with E-state index >= 15 is 0 Å². The summed E-state index contributed by atoms with van der Waals surface area (Å²) in [6.07, 6.45) is 6.54. The molecule has 0 aliphatic carbocycles. The zero-order chi connectivity index (χ0) is 18.8. The van der Waals surface area contributed by atoms with Gasteiger partial charge in [-0.1, -0.05) is 28.4 Å². The lowest BCUT2D eigenvalue weighted by molar-refractivity contribution is 0.158. The van der Waals surface area contributed by atoms with Gasteiger partial charge in [0.25, 0.3) is 0 Å². The van der Waals surface area contributed by atoms with Crippen molar-refractivity contribution in [1.29, 1.82) is 0 Å². The molecule has 0 spiro atoms. The molecule has 0 N–H and O–H groups in total. The van der Waals surface area contributed by atoms with Crippen LogP contribution in [0.25, 0.3) is 20.5 Å². The van der Waals surface area contributed by atoms with Crippen molar-refractivity contribution in [2.75, 3.05) is 23.7 Å². The van der Waals surface area contributed by atoms with Crippen molar-refractivity contribution in [3.8, 4) is 20.5 Å². The van der Waals surface area contributed by atoms with Crippen molar-refractivity contribution >= 4 is 45.3 Å². The summed E-state index contributed by atoms with van der Waals surface area (Å²) in [6, 6.07) is 3.96. The van der Waals surface area contributed by atoms with E-state index in [2.05, 4.69) is 20.7 Å². The number of hydrogen-bond acceptors (Lipinski definition) is 9. The van der Waals surface area contributed by atoms with Crippen LogP contribution < -0.4 is 4.31 Å². The average Bonchev–Trinajstić information content (AvgIpc) is 3.30. The summed E-state index contributed by atoms with van der Waals surface area (Å²) >= 11 is 5.07. The van der Waals surface area contributed by atoms with Gasteiger partial charge < -0.3 is 9.14 Å². The highest BCUT2D eigenvalue weighted by Crippen LogP contribution is 2.44. The Morgan fingerprint density at radius 2 is 2.19 bits per heavy atom. The summed E-state index contributed by atoms with van der Waals surface area (Å²) < 4.78 is 2.28. The van der Waals surface area contributed by atoms with E-state index in [-0.39, 0.29) is 0 Å². The first-order valence-electron chi connectivity index (χ1n) is 8.61. The number of pyridine rings is 1. The molecule has 0 radical (unpaired) electrons. The number of rotatable bonds is 5. The second-order valence-electron chi connectivity index (χ2n) is 5.84. The Morgan fingerprint density at radius 3 is 2.93 bits per heavy atom. The lowest BCUT2D eigenvalue weighted by Crippen LogP contribution is -2.25. The van der Waals surface area contributed by atoms with Crippen molar-refractivity contribution < 1.29 is 4.84 Å². The first-order chi connectivity index (χ1) is 13.2. The van der Waals surface area contributed by atoms with Gasteiger partial charge in [0.05, 0.1) is 10.6 Å². The van der Waals surface area contributed by atoms with Crippen molar-refractivity contribution in [2.45, 2.75) is 20.3 Å². The molecule has 0 unspecified atom stereocenters. The van der Waals surface area contributed by atoms with Crippen LogP contribution in [0, 0.1) is 6.92 Å². The third-order valence-corrected chi connectivity index (χ3v) is 7.44. The number of oxime groups is 1. The maximum atomic E-state index is 5.31. The molecule has 0 amide bonds. The van der Waals surface area contributed by atoms with Gasteiger partial charge in [0.15, 0.2) is 0 Å². The van der Waals surface area contributed by atoms with Crippen LogP contribution in [0.3, 0.4) is 0 Å². The summed E-state index contributed by atoms with van der Waals surface area (Å²) in [7, 11) is 0. The van der Waals surface area contributed by atoms with E-state index in [9.17, 15) is 0 Å². The van der Waals surface area contributed by atoms with Crippen LogP contribution in [0.5, 0.6) is 0 Å². The summed E-state index contributed by atoms with van der Waals surface area (Å²) in [5.41, 5.74) is 3.88. The Hall–Kier alpha value is -1.97. The first kappa shape index (κ1) is 18.4. The molecule has 3 aromatic rings. The molecule has 27 heavy (non-hydrogen) atoms. The van der Waals surface area contributed by atoms with Gasteiger partial charge in [0, 0.05) is 37.2 Å². The highest BCUT2D eigenvalue weighted by Gasteiger charge is 2.28. The van der Waals surface area contributed by atoms with Gasteiger partial charge in [-0.15, -0.1) is 11.3 Å². The molecule has 4 heterocycles. The summed E-state index contributed by atoms with van der Waals surface area (Å²) in [6.45, 7) is 5.44. The SMILES string of the molecule is CCO/N=C1\CCN(SC)c2sc(-c3sc(-c4cccnc4)nc3C)nc21. The van der Waals surface area contributed by atoms with Crippen molar-refractivity contribution in [1.82, 2.24) is 15.0 Å². The van der Waals surface area contributed by atoms with Crippen LogP contribution >= 0.6 is 34.6 Å². The van der Waals surface area contributed by atoms with Crippen molar-refractivity contribution in [2.24, 2.45) is 5.16 Å². The fourth-order valence-electron chi connectivity index (χ4n) is 2.81. The zero-order valence-electron chi connectivity index (χ0n) is 15.3. The standard InChI is InChI=1S/C18H19N5OS3/c1-4-24-22-13-7-9-23(25-3)18-14(13)21-17(27-18)15-11(2)20-16(26-15)12-6-5-8-19-10-12/h5-6,8,10H,4,7,9H2,1-3H3/b22-13+. The Morgan fingerprint density at radius 1 is 1.30 bits per heavy atom. The molecule has 6 nitrogen and oxygen atoms in total. The molecule has 1 aliphatic heterocycles. The lowest BCUT2D eigenvalue weighted by Gasteiger charge is -2.25. The third kappa shape index (κ3) is 3.59. The fraction of sp³-hybridized carbons (Fsp3) is 0.333. The van der Waals surface area contributed by atoms with Crippen LogP contribution in [-0.4, -0.2) is 40.1 Å². The summed E-state index contributed by atoms with van der Waals surface area (Å²) in [4.78, 5) is 20.3. The van der Waals surface area contributed by atoms with Gasteiger partial charge in [0.2, 0.25) is 0 Å². The molecular formula is C18H19N5OS3. The minimum absolute atomic E-state index is 0.560. The van der Waals surface area contributed by atoms with Gasteiger partial charge in [-0.25, -0.2) is 9.97 Å². The second kappa shape index (κ2) is 7.95. The minimum atomic E-state index is 0.560. The van der Waals surface area contributed by atoms with E-state index < -0.39 is 0 Å². The Labute approximate surface area is 170 Å². The van der Waals surface area contributed by atoms with Crippen molar-refractivity contribution in [3.63, 3.8) is 0 Å². The van der Waals surface area contributed by atoms with E-state index in [0.717, 1.165) is 55.5 Å². The number of aromatic nitrogens is 3. The second-order valence-corrected chi connectivity index (χ2v) is 8.62. The van der Waals surface area contributed by atoms with Crippen LogP contribution in [0.2, 0.25) is 0 Å². The molecule has 0 fully saturated rings. The van der Waals surface area contributed by atoms with Gasteiger partial charge in [-0.3, -0.25) is 4.98 Å². The predicted molar refractivity (Wildman–Crippen MR) is 115 cm³/mol. The Kier molecular flexibility index (Phi) is 5.42. The number of fused-ring (bicyclic) bond motifs is 1. The van der Waals surface area contributed by atoms with Gasteiger partial charge in [-0.2, -0.15) is 0 Å². The minimum Gasteiger partial charge on any atom is -0.396 e. The fourth-order valence-corrected chi connectivity index (χ4v) is 5.87. The number of anilines is 1. The van der Waals surface area contributed by atoms with E-state index in [4.69, 9.17) is 14.8 Å². The smallest absolute Gasteiger partial charge is 0.138 e. The molecule has 0 aromatic carbocycles. The van der Waals surface area contributed by atoms with E-state index in [1.54, 1.807) is 40.8 Å². The summed E-state index contributed by atoms with van der Waals surface area (Å²) in [5, 5.41) is 7.38. The highest BCUT2D eigenvalue weighted by molar-refractivity contribution is 8.00. The first-order valence-corrected chi connectivity index (χ1v) is 11.4. The maximum absolute atomic E-state index is 5.31. The van der Waals surface area contributed by atoms with Crippen LogP contribution in [-0.2, 0) is 4.84 Å². The molecular weight excluding hydrogens is 398 g/mol. The molecule has 3 aromatic heterocycles. The van der Waals surface area contributed by atoms with Crippen molar-refractivity contribution in [3.05, 3.63) is 35.9 Å². The van der Waals surface area contributed by atoms with E-state index in [1.165, 1.54) is 0 Å². The molecule has 0 saturated heterocycles. The molecule has 140 valence electrons. The topological polar surface area (TPSA) is 63.5 Å². The highest BCUT2D eigenvalue weighted by atomic mass is 32.2. The van der Waals surface area contributed by atoms with Gasteiger partial charge in [-0.05, 0) is 26.0 Å². The van der Waals surface area contributed by atoms with E-state index in [1.807, 2.05) is 32.2 Å². The Balaban J connectivity index is 1.76. The number of nitrogens with zero attached hydrogens (tertiary/aromatic N) is 5. The number of hydrogen-bond donors (Lipinski definition) is 0. The maximum Gasteiger partial charge on any atom is 0.138 e. The predicted octanol–water partition coefficient (Wildman–Crippen LogP) is 4.87. The van der Waals surface area contributed by atoms with Gasteiger partial charge >= 0.3 is 0 Å². The quantitative estimate of drug-likeness (QED) is 0.436. The molecule has 9 heteroatoms. The summed E-state index contributed by atoms with van der Waals surface area (Å²) in [5.74, 6) is 0. The Bertz CT molecular complexity index is 967. The third-order valence-electron chi connectivity index (χ3n) is 4.08. The van der Waals surface area contributed by atoms with Crippen LogP contribution in [0.15, 0.2) is 29.7 Å². The molecule has 0 bridgehead atoms. The molecule has 1 aliphatic rings. The molecule has 0 saturated carbocycles. The number of aryl methyl sites for hydroxylation is 1. The largest absolute Gasteiger partial charge is 0.396 e. The van der Waals surface area contributed by atoms with Crippen LogP contribution in [0.1, 0.15) is 24.7 Å². The lowest BCUT2D eigenvalue weighted by atomic mass is 10.1. The van der Waals surface area contributed by atoms with Gasteiger partial charge in [0.1, 0.15) is 33.0 Å². The zero-order valence-corrected chi connectivity index (χ0v) is 17.7. The average molecular weight is 418 g/mol. The van der Waals surface area contributed by atoms with E-state index in [0.29, 0.717) is 6.61 Å². The molecule has 4 rings (SSSR count). The monoisotopic (exact) mass is 417 g/mol. The molecule has 0 atom stereocenters. The number of thiazole rings is 2. The normalized spacial score (nSPS) is 15.2.